The fourth-order valence-corrected chi connectivity index (χ4v) is 1.95. The molecule has 2 N–H and O–H groups in total. The van der Waals surface area contributed by atoms with Crippen LogP contribution in [0.2, 0.25) is 0 Å². The highest BCUT2D eigenvalue weighted by atomic mass is 79.9. The van der Waals surface area contributed by atoms with Crippen molar-refractivity contribution in [2.24, 2.45) is 5.73 Å². The van der Waals surface area contributed by atoms with Gasteiger partial charge < -0.3 is 10.5 Å². The van der Waals surface area contributed by atoms with Gasteiger partial charge in [-0.05, 0) is 27.6 Å². The van der Waals surface area contributed by atoms with Crippen molar-refractivity contribution < 1.29 is 9.13 Å². The lowest BCUT2D eigenvalue weighted by molar-refractivity contribution is 0.414. The first-order valence-electron chi connectivity index (χ1n) is 4.93. The predicted molar refractivity (Wildman–Crippen MR) is 65.7 cm³/mol. The third-order valence-corrected chi connectivity index (χ3v) is 3.26. The van der Waals surface area contributed by atoms with Gasteiger partial charge in [0, 0.05) is 6.54 Å². The molecule has 1 aromatic carbocycles. The maximum absolute atomic E-state index is 14.0. The lowest BCUT2D eigenvalue weighted by atomic mass is 10.2. The molecule has 0 bridgehead atoms. The lowest BCUT2D eigenvalue weighted by Gasteiger charge is -2.08. The van der Waals surface area contributed by atoms with E-state index < -0.39 is 5.82 Å². The maximum Gasteiger partial charge on any atom is 0.163 e. The second kappa shape index (κ2) is 4.85. The van der Waals surface area contributed by atoms with E-state index >= 15 is 0 Å². The zero-order chi connectivity index (χ0) is 12.4. The van der Waals surface area contributed by atoms with Crippen LogP contribution >= 0.6 is 15.9 Å². The number of aromatic nitrogens is 2. The molecule has 0 amide bonds. The van der Waals surface area contributed by atoms with E-state index in [1.54, 1.807) is 18.3 Å². The Morgan fingerprint density at radius 1 is 1.53 bits per heavy atom. The smallest absolute Gasteiger partial charge is 0.163 e. The summed E-state index contributed by atoms with van der Waals surface area (Å²) in [6, 6.07) is 3.39. The van der Waals surface area contributed by atoms with E-state index in [1.165, 1.54) is 18.0 Å². The van der Waals surface area contributed by atoms with Gasteiger partial charge in [0.15, 0.2) is 11.6 Å². The van der Waals surface area contributed by atoms with Crippen LogP contribution in [0, 0.1) is 5.82 Å². The fourth-order valence-electron chi connectivity index (χ4n) is 1.46. The summed E-state index contributed by atoms with van der Waals surface area (Å²) in [6.07, 6.45) is 3.12. The second-order valence-corrected chi connectivity index (χ2v) is 4.19. The minimum atomic E-state index is -0.390. The van der Waals surface area contributed by atoms with E-state index in [9.17, 15) is 4.39 Å². The molecule has 4 nitrogen and oxygen atoms in total. The van der Waals surface area contributed by atoms with Crippen LogP contribution in [0.25, 0.3) is 5.69 Å². The van der Waals surface area contributed by atoms with E-state index in [0.29, 0.717) is 21.5 Å². The van der Waals surface area contributed by atoms with Gasteiger partial charge in [-0.25, -0.2) is 9.07 Å². The molecule has 0 fully saturated rings. The molecule has 0 aliphatic heterocycles. The Balaban J connectivity index is 2.49. The predicted octanol–water partition coefficient (Wildman–Crippen LogP) is 2.24. The summed E-state index contributed by atoms with van der Waals surface area (Å²) in [7, 11) is 1.53. The minimum absolute atomic E-state index is 0.278. The molecule has 2 aromatic rings. The molecule has 0 saturated carbocycles. The monoisotopic (exact) mass is 299 g/mol. The molecule has 6 heteroatoms. The molecule has 17 heavy (non-hydrogen) atoms. The van der Waals surface area contributed by atoms with Gasteiger partial charge in [-0.3, -0.25) is 0 Å². The number of nitrogens with zero attached hydrogens (tertiary/aromatic N) is 2. The quantitative estimate of drug-likeness (QED) is 0.946. The molecule has 90 valence electrons. The van der Waals surface area contributed by atoms with Crippen molar-refractivity contribution in [3.05, 3.63) is 40.4 Å². The SMILES string of the molecule is COc1cnn(-c2ccc(CN)c(Br)c2F)c1. The summed E-state index contributed by atoms with van der Waals surface area (Å²) in [4.78, 5) is 0. The Bertz CT molecular complexity index is 542. The number of methoxy groups -OCH3 is 1. The van der Waals surface area contributed by atoms with Crippen molar-refractivity contribution in [3.8, 4) is 11.4 Å². The summed E-state index contributed by atoms with van der Waals surface area (Å²) in [5.74, 6) is 0.183. The summed E-state index contributed by atoms with van der Waals surface area (Å²) < 4.78 is 20.8. The van der Waals surface area contributed by atoms with Crippen LogP contribution < -0.4 is 10.5 Å². The minimum Gasteiger partial charge on any atom is -0.493 e. The van der Waals surface area contributed by atoms with Gasteiger partial charge in [-0.2, -0.15) is 5.10 Å². The van der Waals surface area contributed by atoms with Gasteiger partial charge in [0.2, 0.25) is 0 Å². The Hall–Kier alpha value is -1.40. The van der Waals surface area contributed by atoms with E-state index in [0.717, 1.165) is 0 Å². The Labute approximate surface area is 106 Å². The van der Waals surface area contributed by atoms with Crippen molar-refractivity contribution in [2.45, 2.75) is 6.54 Å². The van der Waals surface area contributed by atoms with Crippen molar-refractivity contribution in [1.29, 1.82) is 0 Å². The molecule has 0 aliphatic rings. The topological polar surface area (TPSA) is 53.1 Å². The van der Waals surface area contributed by atoms with Crippen LogP contribution in [-0.2, 0) is 6.54 Å². The standard InChI is InChI=1S/C11H11BrFN3O/c1-17-8-5-15-16(6-8)9-3-2-7(4-14)10(12)11(9)13/h2-3,5-6H,4,14H2,1H3. The Morgan fingerprint density at radius 2 is 2.29 bits per heavy atom. The number of benzene rings is 1. The van der Waals surface area contributed by atoms with Crippen molar-refractivity contribution in [1.82, 2.24) is 9.78 Å². The molecule has 0 spiro atoms. The number of hydrogen-bond donors (Lipinski definition) is 1. The van der Waals surface area contributed by atoms with E-state index in [2.05, 4.69) is 21.0 Å². The molecule has 0 unspecified atom stereocenters. The highest BCUT2D eigenvalue weighted by molar-refractivity contribution is 9.10. The second-order valence-electron chi connectivity index (χ2n) is 3.40. The van der Waals surface area contributed by atoms with Gasteiger partial charge in [0.1, 0.15) is 5.69 Å². The first-order chi connectivity index (χ1) is 8.17. The molecule has 2 rings (SSSR count). The number of halogens is 2. The molecular formula is C11H11BrFN3O. The summed E-state index contributed by atoms with van der Waals surface area (Å²) in [5.41, 5.74) is 6.55. The van der Waals surface area contributed by atoms with Crippen LogP contribution in [0.4, 0.5) is 4.39 Å². The highest BCUT2D eigenvalue weighted by Gasteiger charge is 2.12. The van der Waals surface area contributed by atoms with Gasteiger partial charge >= 0.3 is 0 Å². The fraction of sp³-hybridized carbons (Fsp3) is 0.182. The van der Waals surface area contributed by atoms with Gasteiger partial charge in [-0.1, -0.05) is 6.07 Å². The lowest BCUT2D eigenvalue weighted by Crippen LogP contribution is -2.04. The average Bonchev–Trinajstić information content (AvgIpc) is 2.81. The zero-order valence-corrected chi connectivity index (χ0v) is 10.7. The first kappa shape index (κ1) is 12.1. The number of ether oxygens (including phenoxy) is 1. The number of hydrogen-bond acceptors (Lipinski definition) is 3. The zero-order valence-electron chi connectivity index (χ0n) is 9.15. The van der Waals surface area contributed by atoms with Crippen LogP contribution in [0.15, 0.2) is 29.0 Å². The normalized spacial score (nSPS) is 10.6. The van der Waals surface area contributed by atoms with Gasteiger partial charge in [0.25, 0.3) is 0 Å². The Kier molecular flexibility index (Phi) is 3.44. The van der Waals surface area contributed by atoms with E-state index in [4.69, 9.17) is 10.5 Å². The number of rotatable bonds is 3. The van der Waals surface area contributed by atoms with E-state index in [1.807, 2.05) is 0 Å². The van der Waals surface area contributed by atoms with Crippen molar-refractivity contribution >= 4 is 15.9 Å². The van der Waals surface area contributed by atoms with Gasteiger partial charge in [0.05, 0.1) is 24.0 Å². The third kappa shape index (κ3) is 2.18. The molecule has 0 atom stereocenters. The third-order valence-electron chi connectivity index (χ3n) is 2.40. The van der Waals surface area contributed by atoms with Crippen molar-refractivity contribution in [2.75, 3.05) is 7.11 Å². The summed E-state index contributed by atoms with van der Waals surface area (Å²) in [6.45, 7) is 0.278. The van der Waals surface area contributed by atoms with Crippen LogP contribution in [-0.4, -0.2) is 16.9 Å². The molecule has 0 aliphatic carbocycles. The summed E-state index contributed by atoms with van der Waals surface area (Å²) >= 11 is 3.19. The molecule has 0 saturated heterocycles. The van der Waals surface area contributed by atoms with Crippen LogP contribution in [0.3, 0.4) is 0 Å². The number of nitrogens with two attached hydrogens (primary N) is 1. The molecule has 1 aromatic heterocycles. The molecular weight excluding hydrogens is 289 g/mol. The highest BCUT2D eigenvalue weighted by Crippen LogP contribution is 2.26. The molecule has 1 heterocycles. The van der Waals surface area contributed by atoms with Crippen LogP contribution in [0.5, 0.6) is 5.75 Å². The van der Waals surface area contributed by atoms with Gasteiger partial charge in [-0.15, -0.1) is 0 Å². The average molecular weight is 300 g/mol. The largest absolute Gasteiger partial charge is 0.493 e. The maximum atomic E-state index is 14.0. The Morgan fingerprint density at radius 3 is 2.88 bits per heavy atom. The van der Waals surface area contributed by atoms with E-state index in [-0.39, 0.29) is 6.54 Å². The molecule has 0 radical (unpaired) electrons. The summed E-state index contributed by atoms with van der Waals surface area (Å²) in [5, 5.41) is 4.01. The van der Waals surface area contributed by atoms with Crippen LogP contribution in [0.1, 0.15) is 5.56 Å². The first-order valence-corrected chi connectivity index (χ1v) is 5.72. The van der Waals surface area contributed by atoms with Crippen molar-refractivity contribution in [3.63, 3.8) is 0 Å².